The van der Waals surface area contributed by atoms with Crippen LogP contribution in [-0.2, 0) is 16.0 Å². The third-order valence-electron chi connectivity index (χ3n) is 3.57. The van der Waals surface area contributed by atoms with Gasteiger partial charge in [-0.3, -0.25) is 4.79 Å². The average molecular weight is 276 g/mol. The summed E-state index contributed by atoms with van der Waals surface area (Å²) in [5, 5.41) is 0. The van der Waals surface area contributed by atoms with Crippen LogP contribution >= 0.6 is 0 Å². The number of primary amides is 1. The fourth-order valence-electron chi connectivity index (χ4n) is 2.47. The number of carbonyl (C=O) groups is 2. The highest BCUT2D eigenvalue weighted by Crippen LogP contribution is 2.22. The second-order valence-corrected chi connectivity index (χ2v) is 5.15. The molecule has 1 atom stereocenters. The van der Waals surface area contributed by atoms with E-state index in [1.165, 1.54) is 5.56 Å². The Morgan fingerprint density at radius 2 is 2.05 bits per heavy atom. The van der Waals surface area contributed by atoms with E-state index in [2.05, 4.69) is 12.1 Å². The minimum atomic E-state index is -0.627. The molecule has 1 aliphatic heterocycles. The van der Waals surface area contributed by atoms with Crippen LogP contribution < -0.4 is 5.73 Å². The lowest BCUT2D eigenvalue weighted by Crippen LogP contribution is -2.32. The molecule has 1 saturated heterocycles. The monoisotopic (exact) mass is 276 g/mol. The number of amides is 2. The number of carbonyl (C=O) groups excluding carboxylic acids is 2. The summed E-state index contributed by atoms with van der Waals surface area (Å²) in [5.74, 6) is -0.130. The van der Waals surface area contributed by atoms with Crippen LogP contribution in [0, 0.1) is 5.92 Å². The molecule has 2 rings (SSSR count). The summed E-state index contributed by atoms with van der Waals surface area (Å²) in [7, 11) is 0. The maximum atomic E-state index is 11.7. The van der Waals surface area contributed by atoms with Crippen molar-refractivity contribution in [1.82, 2.24) is 4.90 Å². The van der Waals surface area contributed by atoms with Gasteiger partial charge in [-0.15, -0.1) is 0 Å². The van der Waals surface area contributed by atoms with Gasteiger partial charge in [0.15, 0.2) is 6.61 Å². The van der Waals surface area contributed by atoms with Crippen molar-refractivity contribution >= 4 is 12.0 Å². The Morgan fingerprint density at radius 3 is 2.75 bits per heavy atom. The van der Waals surface area contributed by atoms with E-state index in [-0.39, 0.29) is 6.61 Å². The minimum absolute atomic E-state index is 0.343. The summed E-state index contributed by atoms with van der Waals surface area (Å²) in [6, 6.07) is 10.3. The van der Waals surface area contributed by atoms with Crippen molar-refractivity contribution in [1.29, 1.82) is 0 Å². The number of aryl methyl sites for hydroxylation is 1. The fraction of sp³-hybridized carbons (Fsp3) is 0.467. The number of benzene rings is 1. The van der Waals surface area contributed by atoms with Crippen molar-refractivity contribution < 1.29 is 14.3 Å². The number of hydrogen-bond acceptors (Lipinski definition) is 3. The molecule has 2 N–H and O–H groups in total. The minimum Gasteiger partial charge on any atom is -0.439 e. The molecule has 1 aliphatic rings. The van der Waals surface area contributed by atoms with Crippen LogP contribution in [-0.4, -0.2) is 36.6 Å². The highest BCUT2D eigenvalue weighted by molar-refractivity contribution is 5.78. The van der Waals surface area contributed by atoms with E-state index in [9.17, 15) is 9.59 Å². The third-order valence-corrected chi connectivity index (χ3v) is 3.57. The van der Waals surface area contributed by atoms with Gasteiger partial charge in [0, 0.05) is 13.1 Å². The van der Waals surface area contributed by atoms with E-state index in [4.69, 9.17) is 10.5 Å². The largest absolute Gasteiger partial charge is 0.439 e. The van der Waals surface area contributed by atoms with Crippen molar-refractivity contribution in [3.05, 3.63) is 35.9 Å². The molecule has 0 aliphatic carbocycles. The van der Waals surface area contributed by atoms with Gasteiger partial charge < -0.3 is 15.4 Å². The number of nitrogens with zero attached hydrogens (tertiary/aromatic N) is 1. The molecule has 0 aromatic heterocycles. The number of ether oxygens (including phenoxy) is 1. The molecule has 2 amide bonds. The zero-order valence-corrected chi connectivity index (χ0v) is 11.5. The molecule has 0 saturated carbocycles. The third kappa shape index (κ3) is 4.26. The van der Waals surface area contributed by atoms with Crippen molar-refractivity contribution in [2.45, 2.75) is 19.3 Å². The van der Waals surface area contributed by atoms with Crippen LogP contribution in [0.2, 0.25) is 0 Å². The van der Waals surface area contributed by atoms with Crippen LogP contribution in [0.25, 0.3) is 0 Å². The van der Waals surface area contributed by atoms with Gasteiger partial charge in [0.1, 0.15) is 0 Å². The lowest BCUT2D eigenvalue weighted by molar-refractivity contribution is -0.121. The number of hydrogen-bond donors (Lipinski definition) is 1. The first-order valence-corrected chi connectivity index (χ1v) is 6.89. The molecular formula is C15H20N2O3. The Hall–Kier alpha value is -2.04. The topological polar surface area (TPSA) is 72.6 Å². The molecule has 1 aromatic rings. The van der Waals surface area contributed by atoms with Gasteiger partial charge in [-0.2, -0.15) is 0 Å². The summed E-state index contributed by atoms with van der Waals surface area (Å²) < 4.78 is 4.81. The first-order valence-electron chi connectivity index (χ1n) is 6.89. The Labute approximate surface area is 118 Å². The van der Waals surface area contributed by atoms with Gasteiger partial charge in [0.2, 0.25) is 0 Å². The Morgan fingerprint density at radius 1 is 1.30 bits per heavy atom. The highest BCUT2D eigenvalue weighted by Gasteiger charge is 2.27. The molecule has 0 radical (unpaired) electrons. The second kappa shape index (κ2) is 6.93. The van der Waals surface area contributed by atoms with E-state index in [0.29, 0.717) is 19.0 Å². The summed E-state index contributed by atoms with van der Waals surface area (Å²) in [4.78, 5) is 23.9. The standard InChI is InChI=1S/C15H20N2O3/c16-14(18)11-20-15(19)17-9-8-13(10-17)7-6-12-4-2-1-3-5-12/h1-5,13H,6-11H2,(H2,16,18). The summed E-state index contributed by atoms with van der Waals surface area (Å²) in [6.07, 6.45) is 2.63. The average Bonchev–Trinajstić information content (AvgIpc) is 2.92. The SMILES string of the molecule is NC(=O)COC(=O)N1CCC(CCc2ccccc2)C1. The van der Waals surface area contributed by atoms with E-state index in [1.807, 2.05) is 18.2 Å². The molecule has 20 heavy (non-hydrogen) atoms. The van der Waals surface area contributed by atoms with Crippen molar-refractivity contribution in [3.8, 4) is 0 Å². The van der Waals surface area contributed by atoms with E-state index in [1.54, 1.807) is 4.90 Å². The molecule has 1 heterocycles. The van der Waals surface area contributed by atoms with E-state index >= 15 is 0 Å². The molecule has 5 nitrogen and oxygen atoms in total. The van der Waals surface area contributed by atoms with Gasteiger partial charge in [-0.1, -0.05) is 30.3 Å². The van der Waals surface area contributed by atoms with Crippen LogP contribution in [0.1, 0.15) is 18.4 Å². The molecular weight excluding hydrogens is 256 g/mol. The van der Waals surface area contributed by atoms with Crippen LogP contribution in [0.5, 0.6) is 0 Å². The normalized spacial score (nSPS) is 18.0. The lowest BCUT2D eigenvalue weighted by atomic mass is 9.99. The molecule has 0 bridgehead atoms. The van der Waals surface area contributed by atoms with Crippen molar-refractivity contribution in [3.63, 3.8) is 0 Å². The van der Waals surface area contributed by atoms with Crippen molar-refractivity contribution in [2.75, 3.05) is 19.7 Å². The summed E-state index contributed by atoms with van der Waals surface area (Å²) in [5.41, 5.74) is 6.27. The number of nitrogens with two attached hydrogens (primary N) is 1. The molecule has 0 spiro atoms. The van der Waals surface area contributed by atoms with Crippen LogP contribution in [0.15, 0.2) is 30.3 Å². The molecule has 1 aromatic carbocycles. The summed E-state index contributed by atoms with van der Waals surface area (Å²) >= 11 is 0. The molecule has 108 valence electrons. The van der Waals surface area contributed by atoms with Gasteiger partial charge in [-0.25, -0.2) is 4.79 Å². The smallest absolute Gasteiger partial charge is 0.410 e. The van der Waals surface area contributed by atoms with Gasteiger partial charge in [0.25, 0.3) is 5.91 Å². The Bertz CT molecular complexity index is 461. The van der Waals surface area contributed by atoms with Crippen LogP contribution in [0.4, 0.5) is 4.79 Å². The quantitative estimate of drug-likeness (QED) is 0.887. The number of likely N-dealkylation sites (tertiary alicyclic amines) is 1. The van der Waals surface area contributed by atoms with E-state index < -0.39 is 12.0 Å². The molecule has 1 unspecified atom stereocenters. The predicted octanol–water partition coefficient (Wildman–Crippen LogP) is 1.56. The predicted molar refractivity (Wildman–Crippen MR) is 75.0 cm³/mol. The molecule has 5 heteroatoms. The van der Waals surface area contributed by atoms with Gasteiger partial charge >= 0.3 is 6.09 Å². The first-order chi connectivity index (χ1) is 9.65. The number of rotatable bonds is 5. The zero-order valence-electron chi connectivity index (χ0n) is 11.5. The van der Waals surface area contributed by atoms with Crippen LogP contribution in [0.3, 0.4) is 0 Å². The first kappa shape index (κ1) is 14.4. The lowest BCUT2D eigenvalue weighted by Gasteiger charge is -2.15. The Balaban J connectivity index is 1.72. The molecule has 1 fully saturated rings. The second-order valence-electron chi connectivity index (χ2n) is 5.15. The maximum absolute atomic E-state index is 11.7. The van der Waals surface area contributed by atoms with Gasteiger partial charge in [-0.05, 0) is 30.7 Å². The van der Waals surface area contributed by atoms with Gasteiger partial charge in [0.05, 0.1) is 0 Å². The maximum Gasteiger partial charge on any atom is 0.410 e. The summed E-state index contributed by atoms with van der Waals surface area (Å²) in [6.45, 7) is 1.05. The zero-order chi connectivity index (χ0) is 14.4. The van der Waals surface area contributed by atoms with Crippen molar-refractivity contribution in [2.24, 2.45) is 11.7 Å². The van der Waals surface area contributed by atoms with E-state index in [0.717, 1.165) is 19.3 Å². The fourth-order valence-corrected chi connectivity index (χ4v) is 2.47. The highest BCUT2D eigenvalue weighted by atomic mass is 16.6. The Kier molecular flexibility index (Phi) is 4.98.